The summed E-state index contributed by atoms with van der Waals surface area (Å²) >= 11 is 0. The average Bonchev–Trinajstić information content (AvgIpc) is 2.71. The number of rotatable bonds is 3. The molecule has 118 valence electrons. The Hall–Kier alpha value is -2.89. The van der Waals surface area contributed by atoms with Crippen LogP contribution in [0.2, 0.25) is 0 Å². The number of hydrogen-bond donors (Lipinski definition) is 2. The summed E-state index contributed by atoms with van der Waals surface area (Å²) in [6.45, 7) is 1.95. The number of benzene rings is 1. The van der Waals surface area contributed by atoms with Crippen molar-refractivity contribution in [3.63, 3.8) is 0 Å². The van der Waals surface area contributed by atoms with E-state index in [1.165, 1.54) is 0 Å². The Morgan fingerprint density at radius 3 is 2.70 bits per heavy atom. The molecule has 2 aromatic rings. The lowest BCUT2D eigenvalue weighted by Gasteiger charge is -2.10. The molecule has 2 N–H and O–H groups in total. The quantitative estimate of drug-likeness (QED) is 0.909. The van der Waals surface area contributed by atoms with Crippen LogP contribution in [0.5, 0.6) is 0 Å². The summed E-state index contributed by atoms with van der Waals surface area (Å²) in [5.74, 6) is -1.45. The van der Waals surface area contributed by atoms with E-state index in [2.05, 4.69) is 10.3 Å². The molecule has 6 nitrogen and oxygen atoms in total. The number of carboxylic acids is 1. The van der Waals surface area contributed by atoms with Crippen molar-refractivity contribution in [3.05, 3.63) is 53.3 Å². The molecule has 0 aliphatic carbocycles. The van der Waals surface area contributed by atoms with E-state index in [-0.39, 0.29) is 6.42 Å². The molecule has 3 rings (SSSR count). The van der Waals surface area contributed by atoms with Gasteiger partial charge in [0.15, 0.2) is 0 Å². The summed E-state index contributed by atoms with van der Waals surface area (Å²) in [6, 6.07) is 8.55. The highest BCUT2D eigenvalue weighted by Gasteiger charge is 2.29. The lowest BCUT2D eigenvalue weighted by molar-refractivity contribution is -0.138. The molecule has 0 radical (unpaired) electrons. The number of aryl methyl sites for hydroxylation is 1. The van der Waals surface area contributed by atoms with Crippen LogP contribution in [-0.4, -0.2) is 33.3 Å². The molecule has 2 heterocycles. The molecule has 0 spiro atoms. The summed E-state index contributed by atoms with van der Waals surface area (Å²) in [6.07, 6.45) is 1.49. The molecule has 0 unspecified atom stereocenters. The minimum atomic E-state index is -1.05. The molecule has 0 saturated carbocycles. The number of carboxylic acid groups (broad SMARTS) is 1. The SMILES string of the molecule is Cc1c2c(cn1C)NC(=O)[C@H](CC(=O)O)N=C2c1ccccc1. The zero-order valence-corrected chi connectivity index (χ0v) is 12.9. The van der Waals surface area contributed by atoms with Crippen molar-refractivity contribution in [1.29, 1.82) is 0 Å². The highest BCUT2D eigenvalue weighted by atomic mass is 16.4. The molecule has 1 aromatic heterocycles. The van der Waals surface area contributed by atoms with Gasteiger partial charge >= 0.3 is 5.97 Å². The fourth-order valence-electron chi connectivity index (χ4n) is 2.73. The third kappa shape index (κ3) is 2.75. The summed E-state index contributed by atoms with van der Waals surface area (Å²) in [7, 11) is 1.90. The van der Waals surface area contributed by atoms with E-state index in [4.69, 9.17) is 5.11 Å². The lowest BCUT2D eigenvalue weighted by Crippen LogP contribution is -2.28. The summed E-state index contributed by atoms with van der Waals surface area (Å²) < 4.78 is 1.92. The molecule has 0 fully saturated rings. The van der Waals surface area contributed by atoms with Gasteiger partial charge in [0.25, 0.3) is 0 Å². The zero-order chi connectivity index (χ0) is 16.6. The Labute approximate surface area is 133 Å². The van der Waals surface area contributed by atoms with Crippen molar-refractivity contribution >= 4 is 23.3 Å². The van der Waals surface area contributed by atoms with E-state index in [0.717, 1.165) is 16.8 Å². The minimum Gasteiger partial charge on any atom is -0.481 e. The molecule has 6 heteroatoms. The van der Waals surface area contributed by atoms with Gasteiger partial charge < -0.3 is 15.0 Å². The molecule has 0 saturated heterocycles. The minimum absolute atomic E-state index is 0.336. The van der Waals surface area contributed by atoms with Crippen molar-refractivity contribution in [2.75, 3.05) is 5.32 Å². The van der Waals surface area contributed by atoms with Gasteiger partial charge in [-0.25, -0.2) is 0 Å². The predicted octanol–water partition coefficient (Wildman–Crippen LogP) is 1.97. The maximum atomic E-state index is 12.3. The molecular weight excluding hydrogens is 294 g/mol. The van der Waals surface area contributed by atoms with Crippen molar-refractivity contribution in [1.82, 2.24) is 4.57 Å². The first-order valence-electron chi connectivity index (χ1n) is 7.29. The van der Waals surface area contributed by atoms with Crippen LogP contribution in [0.1, 0.15) is 23.2 Å². The van der Waals surface area contributed by atoms with E-state index < -0.39 is 17.9 Å². The first-order chi connectivity index (χ1) is 11.0. The molecule has 1 aliphatic rings. The maximum Gasteiger partial charge on any atom is 0.306 e. The molecule has 23 heavy (non-hydrogen) atoms. The Balaban J connectivity index is 2.20. The number of nitrogens with one attached hydrogen (secondary N) is 1. The Morgan fingerprint density at radius 2 is 2.04 bits per heavy atom. The molecule has 1 atom stereocenters. The number of amides is 1. The third-order valence-electron chi connectivity index (χ3n) is 3.98. The Bertz CT molecular complexity index is 806. The monoisotopic (exact) mass is 311 g/mol. The van der Waals surface area contributed by atoms with E-state index in [1.807, 2.05) is 55.1 Å². The molecular formula is C17H17N3O3. The van der Waals surface area contributed by atoms with E-state index in [1.54, 1.807) is 0 Å². The third-order valence-corrected chi connectivity index (χ3v) is 3.98. The van der Waals surface area contributed by atoms with Gasteiger partial charge in [0, 0.05) is 30.1 Å². The average molecular weight is 311 g/mol. The smallest absolute Gasteiger partial charge is 0.306 e. The number of carbonyl (C=O) groups is 2. The van der Waals surface area contributed by atoms with Gasteiger partial charge in [-0.15, -0.1) is 0 Å². The highest BCUT2D eigenvalue weighted by molar-refractivity contribution is 6.20. The second-order valence-electron chi connectivity index (χ2n) is 5.56. The lowest BCUT2D eigenvalue weighted by atomic mass is 10.0. The van der Waals surface area contributed by atoms with E-state index >= 15 is 0 Å². The molecule has 1 amide bonds. The normalized spacial score (nSPS) is 17.0. The van der Waals surface area contributed by atoms with Gasteiger partial charge in [-0.1, -0.05) is 30.3 Å². The second-order valence-corrected chi connectivity index (χ2v) is 5.56. The Morgan fingerprint density at radius 1 is 1.35 bits per heavy atom. The van der Waals surface area contributed by atoms with Crippen LogP contribution in [0, 0.1) is 6.92 Å². The van der Waals surface area contributed by atoms with E-state index in [0.29, 0.717) is 11.4 Å². The highest BCUT2D eigenvalue weighted by Crippen LogP contribution is 2.29. The number of carbonyl (C=O) groups excluding carboxylic acids is 1. The summed E-state index contributed by atoms with van der Waals surface area (Å²) in [5, 5.41) is 11.8. The number of anilines is 1. The largest absolute Gasteiger partial charge is 0.481 e. The molecule has 1 aromatic carbocycles. The standard InChI is InChI=1S/C17H17N3O3/c1-10-15-13(9-20(10)2)19-17(23)12(8-14(21)22)18-16(15)11-6-4-3-5-7-11/h3-7,9,12H,8H2,1-2H3,(H,19,23)(H,21,22)/t12-/m0/s1. The maximum absolute atomic E-state index is 12.3. The number of aromatic nitrogens is 1. The van der Waals surface area contributed by atoms with Crippen LogP contribution < -0.4 is 5.32 Å². The van der Waals surface area contributed by atoms with Gasteiger partial charge in [-0.3, -0.25) is 14.6 Å². The van der Waals surface area contributed by atoms with Gasteiger partial charge in [-0.2, -0.15) is 0 Å². The van der Waals surface area contributed by atoms with Gasteiger partial charge in [0.05, 0.1) is 17.8 Å². The number of aliphatic carboxylic acids is 1. The zero-order valence-electron chi connectivity index (χ0n) is 12.9. The summed E-state index contributed by atoms with van der Waals surface area (Å²) in [4.78, 5) is 27.9. The van der Waals surface area contributed by atoms with Crippen LogP contribution in [0.15, 0.2) is 41.5 Å². The van der Waals surface area contributed by atoms with Crippen molar-refractivity contribution in [3.8, 4) is 0 Å². The van der Waals surface area contributed by atoms with Crippen LogP contribution in [0.3, 0.4) is 0 Å². The van der Waals surface area contributed by atoms with Crippen LogP contribution in [-0.2, 0) is 16.6 Å². The number of fused-ring (bicyclic) bond motifs is 1. The molecule has 0 bridgehead atoms. The van der Waals surface area contributed by atoms with Crippen molar-refractivity contribution < 1.29 is 14.7 Å². The van der Waals surface area contributed by atoms with Crippen LogP contribution in [0.25, 0.3) is 0 Å². The summed E-state index contributed by atoms with van der Waals surface area (Å²) in [5.41, 5.74) is 3.95. The topological polar surface area (TPSA) is 83.7 Å². The Kier molecular flexibility index (Phi) is 3.73. The van der Waals surface area contributed by atoms with Gasteiger partial charge in [0.1, 0.15) is 6.04 Å². The number of aliphatic imine (C=N–C) groups is 1. The van der Waals surface area contributed by atoms with Crippen molar-refractivity contribution in [2.45, 2.75) is 19.4 Å². The van der Waals surface area contributed by atoms with E-state index in [9.17, 15) is 9.59 Å². The fourth-order valence-corrected chi connectivity index (χ4v) is 2.73. The van der Waals surface area contributed by atoms with Crippen LogP contribution >= 0.6 is 0 Å². The number of nitrogens with zero attached hydrogens (tertiary/aromatic N) is 2. The first-order valence-corrected chi connectivity index (χ1v) is 7.29. The first kappa shape index (κ1) is 15.0. The van der Waals surface area contributed by atoms with Crippen LogP contribution in [0.4, 0.5) is 5.69 Å². The fraction of sp³-hybridized carbons (Fsp3) is 0.235. The molecule has 1 aliphatic heterocycles. The predicted molar refractivity (Wildman–Crippen MR) is 86.9 cm³/mol. The second kappa shape index (κ2) is 5.72. The van der Waals surface area contributed by atoms with Gasteiger partial charge in [0.2, 0.25) is 5.91 Å². The number of hydrogen-bond acceptors (Lipinski definition) is 3. The van der Waals surface area contributed by atoms with Gasteiger partial charge in [-0.05, 0) is 6.92 Å². The van der Waals surface area contributed by atoms with Crippen molar-refractivity contribution in [2.24, 2.45) is 12.0 Å².